The predicted molar refractivity (Wildman–Crippen MR) is 135 cm³/mol. The molecular formula is C27H27N5O5. The zero-order chi connectivity index (χ0) is 26.2. The Morgan fingerprint density at radius 3 is 2.62 bits per heavy atom. The van der Waals surface area contributed by atoms with E-state index in [0.29, 0.717) is 24.5 Å². The van der Waals surface area contributed by atoms with Gasteiger partial charge in [-0.15, -0.1) is 0 Å². The summed E-state index contributed by atoms with van der Waals surface area (Å²) in [4.78, 5) is 55.7. The number of rotatable bonds is 5. The zero-order valence-corrected chi connectivity index (χ0v) is 20.5. The maximum atomic E-state index is 13.1. The van der Waals surface area contributed by atoms with E-state index in [1.165, 1.54) is 6.92 Å². The van der Waals surface area contributed by atoms with Crippen molar-refractivity contribution < 1.29 is 23.9 Å². The molecule has 2 saturated heterocycles. The third-order valence-corrected chi connectivity index (χ3v) is 6.93. The number of amides is 5. The second-order valence-corrected chi connectivity index (χ2v) is 9.37. The highest BCUT2D eigenvalue weighted by molar-refractivity contribution is 6.08. The normalized spacial score (nSPS) is 21.0. The molecule has 2 unspecified atom stereocenters. The Kier molecular flexibility index (Phi) is 6.24. The van der Waals surface area contributed by atoms with Gasteiger partial charge in [0, 0.05) is 42.2 Å². The number of nitrogens with one attached hydrogen (secondary N) is 3. The molecule has 190 valence electrons. The number of aromatic nitrogens is 1. The molecule has 3 heterocycles. The van der Waals surface area contributed by atoms with Gasteiger partial charge in [0.1, 0.15) is 17.9 Å². The van der Waals surface area contributed by atoms with E-state index in [1.54, 1.807) is 29.2 Å². The van der Waals surface area contributed by atoms with Crippen LogP contribution in [0.2, 0.25) is 0 Å². The molecular weight excluding hydrogens is 474 g/mol. The van der Waals surface area contributed by atoms with Crippen LogP contribution in [-0.4, -0.2) is 58.3 Å². The molecule has 5 amide bonds. The number of benzene rings is 2. The van der Waals surface area contributed by atoms with Gasteiger partial charge in [-0.3, -0.25) is 24.7 Å². The van der Waals surface area contributed by atoms with Gasteiger partial charge in [0.25, 0.3) is 11.8 Å². The fourth-order valence-corrected chi connectivity index (χ4v) is 4.95. The van der Waals surface area contributed by atoms with E-state index in [-0.39, 0.29) is 18.9 Å². The highest BCUT2D eigenvalue weighted by Gasteiger charge is 2.55. The minimum atomic E-state index is -1.30. The first-order chi connectivity index (χ1) is 17.7. The summed E-state index contributed by atoms with van der Waals surface area (Å²) in [6, 6.07) is 15.1. The number of piperidine rings is 1. The predicted octanol–water partition coefficient (Wildman–Crippen LogP) is 2.05. The number of fused-ring (bicyclic) bond motifs is 1. The molecule has 3 N–H and O–H groups in total. The molecule has 1 aromatic heterocycles. The Morgan fingerprint density at radius 2 is 1.92 bits per heavy atom. The van der Waals surface area contributed by atoms with Crippen LogP contribution in [0.4, 0.5) is 4.79 Å². The van der Waals surface area contributed by atoms with Crippen LogP contribution in [0.3, 0.4) is 0 Å². The quantitative estimate of drug-likeness (QED) is 0.459. The summed E-state index contributed by atoms with van der Waals surface area (Å²) in [5.41, 5.74) is 1.88. The molecule has 0 radical (unpaired) electrons. The molecule has 2 aliphatic heterocycles. The van der Waals surface area contributed by atoms with Crippen molar-refractivity contribution in [1.82, 2.24) is 25.8 Å². The van der Waals surface area contributed by atoms with Crippen molar-refractivity contribution >= 4 is 34.7 Å². The highest BCUT2D eigenvalue weighted by atomic mass is 16.5. The Morgan fingerprint density at radius 1 is 1.16 bits per heavy atom. The molecule has 0 saturated carbocycles. The van der Waals surface area contributed by atoms with Gasteiger partial charge in [-0.2, -0.15) is 0 Å². The fraction of sp³-hybridized carbons (Fsp3) is 0.296. The highest BCUT2D eigenvalue weighted by Crippen LogP contribution is 2.27. The lowest BCUT2D eigenvalue weighted by atomic mass is 9.82. The standard InChI is InChI=1S/C27H27N5O5/c1-16-13-19(21-5-3-4-6-22(21)28-16)15-37-20-9-7-18(8-10-20)24(34)29-23-14-32(17(2)33)12-11-27(23)25(35)30-26(36)31-27/h3-10,13,23H,11-12,14-15H2,1-2H3,(H,29,34)(H2,30,31,35,36). The number of carbonyl (C=O) groups excluding carboxylic acids is 4. The summed E-state index contributed by atoms with van der Waals surface area (Å²) in [5, 5.41) is 8.79. The van der Waals surface area contributed by atoms with Gasteiger partial charge in [0.15, 0.2) is 0 Å². The Hall–Kier alpha value is -4.47. The van der Waals surface area contributed by atoms with Crippen LogP contribution in [0.25, 0.3) is 10.9 Å². The van der Waals surface area contributed by atoms with E-state index in [0.717, 1.165) is 22.2 Å². The number of hydrogen-bond acceptors (Lipinski definition) is 6. The Bertz CT molecular complexity index is 1410. The maximum Gasteiger partial charge on any atom is 0.322 e. The van der Waals surface area contributed by atoms with Crippen molar-refractivity contribution in [3.8, 4) is 5.75 Å². The fourth-order valence-electron chi connectivity index (χ4n) is 4.95. The van der Waals surface area contributed by atoms with Crippen molar-refractivity contribution in [3.63, 3.8) is 0 Å². The van der Waals surface area contributed by atoms with Crippen LogP contribution in [0, 0.1) is 6.92 Å². The number of para-hydroxylation sites is 1. The molecule has 2 fully saturated rings. The molecule has 0 bridgehead atoms. The number of likely N-dealkylation sites (tertiary alicyclic amines) is 1. The van der Waals surface area contributed by atoms with Gasteiger partial charge < -0.3 is 20.3 Å². The van der Waals surface area contributed by atoms with Crippen LogP contribution in [0.5, 0.6) is 5.75 Å². The summed E-state index contributed by atoms with van der Waals surface area (Å²) in [7, 11) is 0. The number of hydrogen-bond donors (Lipinski definition) is 3. The molecule has 10 heteroatoms. The first kappa shape index (κ1) is 24.2. The maximum absolute atomic E-state index is 13.1. The number of pyridine rings is 1. The number of ether oxygens (including phenoxy) is 1. The van der Waals surface area contributed by atoms with E-state index >= 15 is 0 Å². The van der Waals surface area contributed by atoms with Gasteiger partial charge >= 0.3 is 6.03 Å². The first-order valence-electron chi connectivity index (χ1n) is 12.0. The first-order valence-corrected chi connectivity index (χ1v) is 12.0. The summed E-state index contributed by atoms with van der Waals surface area (Å²) < 4.78 is 5.98. The molecule has 37 heavy (non-hydrogen) atoms. The number of nitrogens with zero attached hydrogens (tertiary/aromatic N) is 2. The van der Waals surface area contributed by atoms with Crippen molar-refractivity contribution in [2.45, 2.75) is 38.5 Å². The summed E-state index contributed by atoms with van der Waals surface area (Å²) in [6.07, 6.45) is 0.199. The summed E-state index contributed by atoms with van der Waals surface area (Å²) in [5.74, 6) is -0.508. The van der Waals surface area contributed by atoms with Crippen LogP contribution >= 0.6 is 0 Å². The second kappa shape index (κ2) is 9.53. The van der Waals surface area contributed by atoms with E-state index in [4.69, 9.17) is 4.74 Å². The molecule has 5 rings (SSSR count). The molecule has 10 nitrogen and oxygen atoms in total. The van der Waals surface area contributed by atoms with Crippen molar-refractivity contribution in [2.75, 3.05) is 13.1 Å². The van der Waals surface area contributed by atoms with Crippen molar-refractivity contribution in [3.05, 3.63) is 71.4 Å². The lowest BCUT2D eigenvalue weighted by Gasteiger charge is -2.43. The largest absolute Gasteiger partial charge is 0.489 e. The molecule has 2 aromatic carbocycles. The van der Waals surface area contributed by atoms with E-state index in [1.807, 2.05) is 37.3 Å². The number of urea groups is 1. The van der Waals surface area contributed by atoms with Gasteiger partial charge in [-0.25, -0.2) is 4.79 Å². The molecule has 1 spiro atoms. The summed E-state index contributed by atoms with van der Waals surface area (Å²) in [6.45, 7) is 4.12. The minimum Gasteiger partial charge on any atom is -0.489 e. The van der Waals surface area contributed by atoms with E-state index in [9.17, 15) is 19.2 Å². The molecule has 3 aromatic rings. The number of aryl methyl sites for hydroxylation is 1. The Balaban J connectivity index is 1.29. The lowest BCUT2D eigenvalue weighted by molar-refractivity contribution is -0.135. The average molecular weight is 502 g/mol. The van der Waals surface area contributed by atoms with E-state index in [2.05, 4.69) is 20.9 Å². The third kappa shape index (κ3) is 4.69. The number of imide groups is 1. The smallest absolute Gasteiger partial charge is 0.322 e. The van der Waals surface area contributed by atoms with Crippen molar-refractivity contribution in [2.24, 2.45) is 0 Å². The zero-order valence-electron chi connectivity index (χ0n) is 20.5. The topological polar surface area (TPSA) is 130 Å². The van der Waals surface area contributed by atoms with Gasteiger partial charge in [0.2, 0.25) is 5.91 Å². The van der Waals surface area contributed by atoms with Crippen LogP contribution in [0.1, 0.15) is 35.0 Å². The molecule has 2 aliphatic rings. The van der Waals surface area contributed by atoms with Gasteiger partial charge in [-0.1, -0.05) is 18.2 Å². The van der Waals surface area contributed by atoms with Crippen molar-refractivity contribution in [1.29, 1.82) is 0 Å². The van der Waals surface area contributed by atoms with Gasteiger partial charge in [-0.05, 0) is 49.7 Å². The van der Waals surface area contributed by atoms with Crippen LogP contribution in [-0.2, 0) is 16.2 Å². The van der Waals surface area contributed by atoms with Crippen LogP contribution < -0.4 is 20.7 Å². The minimum absolute atomic E-state index is 0.106. The van der Waals surface area contributed by atoms with E-state index < -0.39 is 29.4 Å². The molecule has 2 atom stereocenters. The lowest BCUT2D eigenvalue weighted by Crippen LogP contribution is -2.70. The van der Waals surface area contributed by atoms with Crippen LogP contribution in [0.15, 0.2) is 54.6 Å². The summed E-state index contributed by atoms with van der Waals surface area (Å²) >= 11 is 0. The average Bonchev–Trinajstić information content (AvgIpc) is 3.16. The monoisotopic (exact) mass is 501 g/mol. The molecule has 0 aliphatic carbocycles. The SMILES string of the molecule is CC(=O)N1CCC2(NC(=O)NC2=O)C(NC(=O)c2ccc(OCc3cc(C)nc4ccccc34)cc2)C1. The van der Waals surface area contributed by atoms with Gasteiger partial charge in [0.05, 0.1) is 11.6 Å². The Labute approximate surface area is 213 Å². The second-order valence-electron chi connectivity index (χ2n) is 9.37. The third-order valence-electron chi connectivity index (χ3n) is 6.93. The number of carbonyl (C=O) groups is 4.